The summed E-state index contributed by atoms with van der Waals surface area (Å²) in [5.74, 6) is -0.440. The molecule has 1 saturated heterocycles. The van der Waals surface area contributed by atoms with E-state index in [2.05, 4.69) is 20.6 Å². The summed E-state index contributed by atoms with van der Waals surface area (Å²) in [5, 5.41) is 6.66. The van der Waals surface area contributed by atoms with Crippen LogP contribution in [0.15, 0.2) is 35.4 Å². The van der Waals surface area contributed by atoms with Crippen molar-refractivity contribution in [2.75, 3.05) is 30.4 Å². The summed E-state index contributed by atoms with van der Waals surface area (Å²) in [7, 11) is 1.63. The first-order valence-electron chi connectivity index (χ1n) is 9.82. The number of piperidine rings is 1. The van der Waals surface area contributed by atoms with E-state index in [1.54, 1.807) is 31.3 Å². The van der Waals surface area contributed by atoms with Gasteiger partial charge in [-0.2, -0.15) is 4.98 Å². The largest absolute Gasteiger partial charge is 0.359 e. The van der Waals surface area contributed by atoms with Gasteiger partial charge in [0.15, 0.2) is 10.8 Å². The molecule has 0 aliphatic carbocycles. The van der Waals surface area contributed by atoms with Gasteiger partial charge < -0.3 is 15.5 Å². The summed E-state index contributed by atoms with van der Waals surface area (Å²) >= 11 is 7.09. The first-order valence-corrected chi connectivity index (χ1v) is 11.0. The monoisotopic (exact) mass is 460 g/mol. The second-order valence-electron chi connectivity index (χ2n) is 7.28. The third-order valence-electron chi connectivity index (χ3n) is 5.12. The molecule has 9 nitrogen and oxygen atoms in total. The predicted molar refractivity (Wildman–Crippen MR) is 121 cm³/mol. The van der Waals surface area contributed by atoms with Crippen LogP contribution in [0.4, 0.5) is 10.8 Å². The average molecular weight is 461 g/mol. The third kappa shape index (κ3) is 4.70. The quantitative estimate of drug-likeness (QED) is 0.603. The molecule has 0 radical (unpaired) electrons. The summed E-state index contributed by atoms with van der Waals surface area (Å²) in [6.07, 6.45) is 3.03. The standard InChI is InChI=1S/C20H21ClN6O3S/c1-22-18(29)12-3-2-8-26(9-12)20-25-17-16(31-20)19(30)27(11-23-17)10-15(28)24-14-6-4-13(21)5-7-14/h4-7,11-12H,2-3,8-10H2,1H3,(H,22,29)(H,24,28)/t12-/m1/s1. The number of carbonyl (C=O) groups is 2. The van der Waals surface area contributed by atoms with E-state index in [-0.39, 0.29) is 29.8 Å². The number of benzene rings is 1. The number of hydrogen-bond donors (Lipinski definition) is 2. The first kappa shape index (κ1) is 21.3. The Balaban J connectivity index is 1.51. The van der Waals surface area contributed by atoms with Crippen LogP contribution >= 0.6 is 22.9 Å². The Kier molecular flexibility index (Phi) is 6.19. The maximum absolute atomic E-state index is 12.9. The average Bonchev–Trinajstić information content (AvgIpc) is 3.22. The summed E-state index contributed by atoms with van der Waals surface area (Å²) in [4.78, 5) is 48.0. The molecule has 4 rings (SSSR count). The molecule has 162 valence electrons. The van der Waals surface area contributed by atoms with Crippen molar-refractivity contribution in [1.82, 2.24) is 19.9 Å². The highest BCUT2D eigenvalue weighted by atomic mass is 35.5. The molecule has 11 heteroatoms. The molecular weight excluding hydrogens is 440 g/mol. The van der Waals surface area contributed by atoms with Gasteiger partial charge in [-0.15, -0.1) is 0 Å². The van der Waals surface area contributed by atoms with Crippen molar-refractivity contribution < 1.29 is 9.59 Å². The maximum atomic E-state index is 12.9. The molecule has 2 aromatic heterocycles. The van der Waals surface area contributed by atoms with Crippen LogP contribution in [0.1, 0.15) is 12.8 Å². The SMILES string of the molecule is CNC(=O)[C@@H]1CCCN(c2nc3ncn(CC(=O)Nc4ccc(Cl)cc4)c(=O)c3s2)C1. The highest BCUT2D eigenvalue weighted by Gasteiger charge is 2.27. The summed E-state index contributed by atoms with van der Waals surface area (Å²) < 4.78 is 1.65. The normalized spacial score (nSPS) is 16.3. The Morgan fingerprint density at radius 3 is 2.81 bits per heavy atom. The molecule has 3 aromatic rings. The number of aromatic nitrogens is 3. The zero-order valence-electron chi connectivity index (χ0n) is 16.8. The number of carbonyl (C=O) groups excluding carboxylic acids is 2. The van der Waals surface area contributed by atoms with E-state index in [0.717, 1.165) is 19.4 Å². The Bertz CT molecular complexity index is 1180. The van der Waals surface area contributed by atoms with Crippen LogP contribution < -0.4 is 21.1 Å². The van der Waals surface area contributed by atoms with Gasteiger partial charge in [-0.25, -0.2) is 4.98 Å². The summed E-state index contributed by atoms with van der Waals surface area (Å²) in [6, 6.07) is 6.71. The fraction of sp³-hybridized carbons (Fsp3) is 0.350. The van der Waals surface area contributed by atoms with Crippen molar-refractivity contribution in [2.45, 2.75) is 19.4 Å². The zero-order chi connectivity index (χ0) is 22.0. The van der Waals surface area contributed by atoms with E-state index in [9.17, 15) is 14.4 Å². The Morgan fingerprint density at radius 2 is 2.06 bits per heavy atom. The molecule has 0 spiro atoms. The lowest BCUT2D eigenvalue weighted by atomic mass is 9.98. The molecule has 1 aliphatic rings. The van der Waals surface area contributed by atoms with E-state index in [0.29, 0.717) is 32.7 Å². The van der Waals surface area contributed by atoms with Crippen LogP contribution in [0.25, 0.3) is 10.3 Å². The van der Waals surface area contributed by atoms with Crippen LogP contribution in [-0.4, -0.2) is 46.5 Å². The minimum atomic E-state index is -0.347. The van der Waals surface area contributed by atoms with Gasteiger partial charge in [0.2, 0.25) is 11.8 Å². The molecule has 1 fully saturated rings. The topological polar surface area (TPSA) is 109 Å². The molecule has 1 aliphatic heterocycles. The van der Waals surface area contributed by atoms with Gasteiger partial charge in [-0.05, 0) is 37.1 Å². The van der Waals surface area contributed by atoms with Crippen LogP contribution in [0, 0.1) is 5.92 Å². The first-order chi connectivity index (χ1) is 14.9. The number of nitrogens with zero attached hydrogens (tertiary/aromatic N) is 4. The molecule has 1 aromatic carbocycles. The zero-order valence-corrected chi connectivity index (χ0v) is 18.4. The second-order valence-corrected chi connectivity index (χ2v) is 8.70. The lowest BCUT2D eigenvalue weighted by Crippen LogP contribution is -2.42. The summed E-state index contributed by atoms with van der Waals surface area (Å²) in [6.45, 7) is 1.16. The van der Waals surface area contributed by atoms with E-state index in [1.807, 2.05) is 4.90 Å². The number of hydrogen-bond acceptors (Lipinski definition) is 7. The molecule has 0 unspecified atom stereocenters. The molecule has 1 atom stereocenters. The number of rotatable bonds is 5. The van der Waals surface area contributed by atoms with E-state index in [1.165, 1.54) is 22.2 Å². The number of halogens is 1. The second kappa shape index (κ2) is 9.03. The molecule has 31 heavy (non-hydrogen) atoms. The van der Waals surface area contributed by atoms with E-state index in [4.69, 9.17) is 11.6 Å². The molecule has 2 N–H and O–H groups in total. The van der Waals surface area contributed by atoms with Crippen LogP contribution in [0.2, 0.25) is 5.02 Å². The fourth-order valence-electron chi connectivity index (χ4n) is 3.54. The minimum absolute atomic E-state index is 0.0120. The smallest absolute Gasteiger partial charge is 0.273 e. The number of nitrogens with one attached hydrogen (secondary N) is 2. The molecule has 0 bridgehead atoms. The van der Waals surface area contributed by atoms with Crippen molar-refractivity contribution in [3.8, 4) is 0 Å². The molecule has 3 heterocycles. The van der Waals surface area contributed by atoms with Crippen LogP contribution in [0.3, 0.4) is 0 Å². The van der Waals surface area contributed by atoms with Gasteiger partial charge in [0.1, 0.15) is 17.6 Å². The third-order valence-corrected chi connectivity index (χ3v) is 6.47. The van der Waals surface area contributed by atoms with Gasteiger partial charge in [-0.1, -0.05) is 22.9 Å². The highest BCUT2D eigenvalue weighted by Crippen LogP contribution is 2.29. The molecular formula is C20H21ClN6O3S. The van der Waals surface area contributed by atoms with E-state index < -0.39 is 0 Å². The van der Waals surface area contributed by atoms with Crippen molar-refractivity contribution in [3.63, 3.8) is 0 Å². The Morgan fingerprint density at radius 1 is 1.29 bits per heavy atom. The van der Waals surface area contributed by atoms with Crippen LogP contribution in [-0.2, 0) is 16.1 Å². The van der Waals surface area contributed by atoms with Gasteiger partial charge in [-0.3, -0.25) is 19.0 Å². The van der Waals surface area contributed by atoms with Gasteiger partial charge in [0, 0.05) is 30.8 Å². The predicted octanol–water partition coefficient (Wildman–Crippen LogP) is 2.11. The fourth-order valence-corrected chi connectivity index (χ4v) is 4.67. The Labute approximate surface area is 187 Å². The lowest BCUT2D eigenvalue weighted by molar-refractivity contribution is -0.124. The van der Waals surface area contributed by atoms with E-state index >= 15 is 0 Å². The molecule has 0 saturated carbocycles. The lowest BCUT2D eigenvalue weighted by Gasteiger charge is -2.31. The van der Waals surface area contributed by atoms with Crippen molar-refractivity contribution in [3.05, 3.63) is 46.0 Å². The summed E-state index contributed by atoms with van der Waals surface area (Å²) in [5.41, 5.74) is 0.619. The highest BCUT2D eigenvalue weighted by molar-refractivity contribution is 7.22. The van der Waals surface area contributed by atoms with Gasteiger partial charge in [0.05, 0.1) is 5.92 Å². The van der Waals surface area contributed by atoms with Crippen molar-refractivity contribution in [1.29, 1.82) is 0 Å². The number of amides is 2. The van der Waals surface area contributed by atoms with Crippen LogP contribution in [0.5, 0.6) is 0 Å². The van der Waals surface area contributed by atoms with Gasteiger partial charge in [0.25, 0.3) is 5.56 Å². The minimum Gasteiger partial charge on any atom is -0.359 e. The van der Waals surface area contributed by atoms with Crippen molar-refractivity contribution >= 4 is 55.9 Å². The maximum Gasteiger partial charge on any atom is 0.273 e. The van der Waals surface area contributed by atoms with Crippen molar-refractivity contribution in [2.24, 2.45) is 5.92 Å². The number of thiazole rings is 1. The Hall–Kier alpha value is -2.98. The van der Waals surface area contributed by atoms with Gasteiger partial charge >= 0.3 is 0 Å². The number of anilines is 2. The number of fused-ring (bicyclic) bond motifs is 1. The molecule has 2 amide bonds.